The molecule has 0 aliphatic carbocycles. The van der Waals surface area contributed by atoms with Gasteiger partial charge in [-0.25, -0.2) is 9.59 Å². The SMILES string of the molecule is O=C1C[C@](O)(C(=O)OCCc2ccccc2)[C@@H](C(=O)OCCc2ccccc2)O1. The van der Waals surface area contributed by atoms with Crippen LogP contribution in [0.4, 0.5) is 0 Å². The summed E-state index contributed by atoms with van der Waals surface area (Å²) in [7, 11) is 0. The second-order valence-electron chi connectivity index (χ2n) is 6.75. The van der Waals surface area contributed by atoms with E-state index in [1.54, 1.807) is 0 Å². The summed E-state index contributed by atoms with van der Waals surface area (Å²) in [5, 5.41) is 10.7. The Hall–Kier alpha value is -3.19. The molecule has 2 atom stereocenters. The van der Waals surface area contributed by atoms with Gasteiger partial charge in [0.1, 0.15) is 0 Å². The van der Waals surface area contributed by atoms with Gasteiger partial charge in [0.15, 0.2) is 0 Å². The molecule has 1 saturated heterocycles. The molecule has 0 spiro atoms. The number of esters is 3. The molecule has 0 aromatic heterocycles. The van der Waals surface area contributed by atoms with E-state index in [9.17, 15) is 19.5 Å². The molecule has 1 N–H and O–H groups in total. The molecule has 1 heterocycles. The van der Waals surface area contributed by atoms with E-state index in [2.05, 4.69) is 0 Å². The fourth-order valence-electron chi connectivity index (χ4n) is 3.03. The van der Waals surface area contributed by atoms with Crippen molar-refractivity contribution in [2.75, 3.05) is 13.2 Å². The number of carbonyl (C=O) groups excluding carboxylic acids is 3. The Labute approximate surface area is 168 Å². The quantitative estimate of drug-likeness (QED) is 0.533. The lowest BCUT2D eigenvalue weighted by molar-refractivity contribution is -0.183. The highest BCUT2D eigenvalue weighted by Crippen LogP contribution is 2.29. The van der Waals surface area contributed by atoms with Crippen molar-refractivity contribution in [3.8, 4) is 0 Å². The van der Waals surface area contributed by atoms with Crippen LogP contribution in [0, 0.1) is 0 Å². The Bertz CT molecular complexity index is 850. The van der Waals surface area contributed by atoms with Gasteiger partial charge >= 0.3 is 17.9 Å². The van der Waals surface area contributed by atoms with E-state index in [4.69, 9.17) is 14.2 Å². The van der Waals surface area contributed by atoms with Crippen LogP contribution in [0.2, 0.25) is 0 Å². The highest BCUT2D eigenvalue weighted by atomic mass is 16.6. The first-order valence-corrected chi connectivity index (χ1v) is 9.32. The molecule has 0 radical (unpaired) electrons. The van der Waals surface area contributed by atoms with Gasteiger partial charge in [-0.2, -0.15) is 0 Å². The Balaban J connectivity index is 1.54. The zero-order valence-electron chi connectivity index (χ0n) is 15.8. The van der Waals surface area contributed by atoms with Crippen LogP contribution in [0.1, 0.15) is 17.5 Å². The fraction of sp³-hybridized carbons (Fsp3) is 0.318. The van der Waals surface area contributed by atoms with E-state index < -0.39 is 36.0 Å². The predicted octanol–water partition coefficient (Wildman–Crippen LogP) is 1.60. The molecule has 2 aromatic carbocycles. The van der Waals surface area contributed by atoms with Crippen molar-refractivity contribution in [2.24, 2.45) is 0 Å². The van der Waals surface area contributed by atoms with Crippen LogP contribution in [0.25, 0.3) is 0 Å². The van der Waals surface area contributed by atoms with Crippen molar-refractivity contribution in [3.63, 3.8) is 0 Å². The molecule has 152 valence electrons. The van der Waals surface area contributed by atoms with Gasteiger partial charge in [-0.05, 0) is 11.1 Å². The molecule has 1 fully saturated rings. The molecule has 1 aliphatic rings. The molecule has 0 amide bonds. The van der Waals surface area contributed by atoms with E-state index in [-0.39, 0.29) is 13.2 Å². The van der Waals surface area contributed by atoms with Crippen molar-refractivity contribution in [1.82, 2.24) is 0 Å². The van der Waals surface area contributed by atoms with Gasteiger partial charge in [0.05, 0.1) is 19.6 Å². The van der Waals surface area contributed by atoms with Crippen LogP contribution in [0.5, 0.6) is 0 Å². The second-order valence-corrected chi connectivity index (χ2v) is 6.75. The number of carbonyl (C=O) groups is 3. The average molecular weight is 398 g/mol. The van der Waals surface area contributed by atoms with Gasteiger partial charge in [-0.1, -0.05) is 60.7 Å². The maximum atomic E-state index is 12.4. The zero-order valence-corrected chi connectivity index (χ0v) is 15.8. The van der Waals surface area contributed by atoms with Crippen molar-refractivity contribution in [1.29, 1.82) is 0 Å². The van der Waals surface area contributed by atoms with E-state index in [0.29, 0.717) is 12.8 Å². The third kappa shape index (κ3) is 5.20. The van der Waals surface area contributed by atoms with E-state index in [0.717, 1.165) is 11.1 Å². The van der Waals surface area contributed by atoms with Crippen LogP contribution < -0.4 is 0 Å². The van der Waals surface area contributed by atoms with Crippen LogP contribution in [-0.4, -0.2) is 47.9 Å². The fourth-order valence-corrected chi connectivity index (χ4v) is 3.03. The summed E-state index contributed by atoms with van der Waals surface area (Å²) >= 11 is 0. The van der Waals surface area contributed by atoms with Crippen LogP contribution in [0.3, 0.4) is 0 Å². The van der Waals surface area contributed by atoms with Crippen molar-refractivity contribution < 1.29 is 33.7 Å². The molecular weight excluding hydrogens is 376 g/mol. The number of aliphatic hydroxyl groups is 1. The smallest absolute Gasteiger partial charge is 0.351 e. The zero-order chi connectivity index (χ0) is 20.7. The lowest BCUT2D eigenvalue weighted by Crippen LogP contribution is -2.51. The third-order valence-electron chi connectivity index (χ3n) is 4.61. The minimum atomic E-state index is -2.39. The normalized spacial score (nSPS) is 20.7. The molecule has 2 aromatic rings. The Kier molecular flexibility index (Phi) is 6.61. The van der Waals surface area contributed by atoms with E-state index in [1.807, 2.05) is 60.7 Å². The van der Waals surface area contributed by atoms with Crippen molar-refractivity contribution in [2.45, 2.75) is 31.0 Å². The Morgan fingerprint density at radius 2 is 1.45 bits per heavy atom. The first-order chi connectivity index (χ1) is 14.0. The summed E-state index contributed by atoms with van der Waals surface area (Å²) in [4.78, 5) is 36.4. The average Bonchev–Trinajstić information content (AvgIpc) is 3.05. The van der Waals surface area contributed by atoms with Crippen molar-refractivity contribution in [3.05, 3.63) is 71.8 Å². The maximum Gasteiger partial charge on any atom is 0.351 e. The number of rotatable bonds is 8. The molecule has 29 heavy (non-hydrogen) atoms. The number of ether oxygens (including phenoxy) is 3. The summed E-state index contributed by atoms with van der Waals surface area (Å²) in [6.07, 6.45) is -1.51. The molecule has 7 heteroatoms. The molecular formula is C22H22O7. The molecule has 0 bridgehead atoms. The summed E-state index contributed by atoms with van der Waals surface area (Å²) in [6, 6.07) is 18.7. The highest BCUT2D eigenvalue weighted by Gasteiger charge is 2.59. The van der Waals surface area contributed by atoms with Gasteiger partial charge in [0.2, 0.25) is 11.7 Å². The molecule has 3 rings (SSSR count). The second kappa shape index (κ2) is 9.34. The molecule has 7 nitrogen and oxygen atoms in total. The summed E-state index contributed by atoms with van der Waals surface area (Å²) in [6.45, 7) is 0.0190. The van der Waals surface area contributed by atoms with Crippen molar-refractivity contribution >= 4 is 17.9 Å². The minimum absolute atomic E-state index is 0.00484. The number of hydrogen-bond donors (Lipinski definition) is 1. The number of cyclic esters (lactones) is 1. The third-order valence-corrected chi connectivity index (χ3v) is 4.61. The molecule has 0 unspecified atom stereocenters. The minimum Gasteiger partial charge on any atom is -0.463 e. The van der Waals surface area contributed by atoms with Gasteiger partial charge < -0.3 is 19.3 Å². The summed E-state index contributed by atoms with van der Waals surface area (Å²) < 4.78 is 15.1. The van der Waals surface area contributed by atoms with Gasteiger partial charge in [-0.3, -0.25) is 4.79 Å². The topological polar surface area (TPSA) is 99.1 Å². The van der Waals surface area contributed by atoms with Gasteiger partial charge in [0, 0.05) is 12.8 Å². The molecule has 1 aliphatic heterocycles. The standard InChI is InChI=1S/C22H22O7/c23-18-15-22(26,21(25)28-14-12-17-9-5-2-6-10-17)19(29-18)20(24)27-13-11-16-7-3-1-4-8-16/h1-10,19,26H,11-15H2/t19-,22-/m1/s1. The van der Waals surface area contributed by atoms with Crippen LogP contribution in [-0.2, 0) is 41.4 Å². The van der Waals surface area contributed by atoms with Gasteiger partial charge in [0.25, 0.3) is 0 Å². The monoisotopic (exact) mass is 398 g/mol. The maximum absolute atomic E-state index is 12.4. The number of hydrogen-bond acceptors (Lipinski definition) is 7. The Morgan fingerprint density at radius 3 is 2.00 bits per heavy atom. The molecule has 0 saturated carbocycles. The predicted molar refractivity (Wildman–Crippen MR) is 102 cm³/mol. The summed E-state index contributed by atoms with van der Waals surface area (Å²) in [5.41, 5.74) is -0.486. The van der Waals surface area contributed by atoms with Crippen LogP contribution >= 0.6 is 0 Å². The first-order valence-electron chi connectivity index (χ1n) is 9.32. The number of benzene rings is 2. The van der Waals surface area contributed by atoms with Gasteiger partial charge in [-0.15, -0.1) is 0 Å². The largest absolute Gasteiger partial charge is 0.463 e. The first kappa shape index (κ1) is 20.5. The highest BCUT2D eigenvalue weighted by molar-refractivity contribution is 5.97. The van der Waals surface area contributed by atoms with Crippen LogP contribution in [0.15, 0.2) is 60.7 Å². The summed E-state index contributed by atoms with van der Waals surface area (Å²) in [5.74, 6) is -2.92. The van der Waals surface area contributed by atoms with E-state index >= 15 is 0 Å². The lowest BCUT2D eigenvalue weighted by Gasteiger charge is -2.23. The lowest BCUT2D eigenvalue weighted by atomic mass is 9.95. The van der Waals surface area contributed by atoms with E-state index in [1.165, 1.54) is 0 Å². The Morgan fingerprint density at radius 1 is 0.931 bits per heavy atom.